The molecule has 6 nitrogen and oxygen atoms in total. The van der Waals surface area contributed by atoms with Gasteiger partial charge in [-0.05, 0) is 22.3 Å². The fraction of sp³-hybridized carbons (Fsp3) is 0.294. The Hall–Kier alpha value is -3.07. The van der Waals surface area contributed by atoms with E-state index in [1.165, 1.54) is 0 Å². The van der Waals surface area contributed by atoms with Crippen LogP contribution in [0.1, 0.15) is 22.3 Å². The van der Waals surface area contributed by atoms with Gasteiger partial charge in [-0.2, -0.15) is 0 Å². The highest BCUT2D eigenvalue weighted by atomic mass is 35.5. The van der Waals surface area contributed by atoms with E-state index < -0.39 is 28.7 Å². The Morgan fingerprint density at radius 2 is 1.05 bits per heavy atom. The molecule has 1 heterocycles. The van der Waals surface area contributed by atoms with Gasteiger partial charge in [-0.25, -0.2) is 0 Å². The molecule has 0 aliphatic carbocycles. The van der Waals surface area contributed by atoms with Crippen molar-refractivity contribution in [2.24, 2.45) is 0 Å². The first-order valence-electron chi connectivity index (χ1n) is 13.7. The van der Waals surface area contributed by atoms with Crippen molar-refractivity contribution in [2.45, 2.75) is 54.7 Å². The van der Waals surface area contributed by atoms with Crippen LogP contribution in [0.4, 0.5) is 0 Å². The minimum atomic E-state index is -2.67. The van der Waals surface area contributed by atoms with Crippen molar-refractivity contribution in [3.63, 3.8) is 0 Å². The summed E-state index contributed by atoms with van der Waals surface area (Å²) in [5, 5.41) is 34.0. The van der Waals surface area contributed by atoms with Gasteiger partial charge in [-0.15, -0.1) is 0 Å². The maximum Gasteiger partial charge on any atom is 0.279 e. The molecule has 5 atom stereocenters. The van der Waals surface area contributed by atoms with Crippen LogP contribution >= 0.6 is 11.6 Å². The van der Waals surface area contributed by atoms with Crippen LogP contribution in [0.25, 0.3) is 0 Å². The van der Waals surface area contributed by atoms with Crippen LogP contribution in [-0.4, -0.2) is 50.6 Å². The number of benzene rings is 4. The number of hydrogen-bond acceptors (Lipinski definition) is 6. The molecule has 3 N–H and O–H groups in total. The van der Waals surface area contributed by atoms with Gasteiger partial charge in [0.2, 0.25) is 0 Å². The smallest absolute Gasteiger partial charge is 0.279 e. The SMILES string of the molecule is OC1(Cl)O[C@H](COCc2ccccc2)[C@@H](OCc2ccccc2)[C@@](O)(Cc2ccccc2)[C@]1(O)Cc1ccccc1. The maximum atomic E-state index is 12.7. The molecule has 1 aliphatic heterocycles. The van der Waals surface area contributed by atoms with Crippen molar-refractivity contribution in [2.75, 3.05) is 6.61 Å². The summed E-state index contributed by atoms with van der Waals surface area (Å²) >= 11 is 6.67. The Morgan fingerprint density at radius 3 is 1.56 bits per heavy atom. The van der Waals surface area contributed by atoms with Gasteiger partial charge in [0.1, 0.15) is 17.8 Å². The van der Waals surface area contributed by atoms with E-state index >= 15 is 0 Å². The van der Waals surface area contributed by atoms with Gasteiger partial charge in [0, 0.05) is 12.8 Å². The molecule has 214 valence electrons. The number of aliphatic hydroxyl groups is 3. The summed E-state index contributed by atoms with van der Waals surface area (Å²) in [6.07, 6.45) is -2.41. The first kappa shape index (κ1) is 29.4. The van der Waals surface area contributed by atoms with E-state index in [-0.39, 0.29) is 32.7 Å². The second kappa shape index (κ2) is 12.8. The molecule has 41 heavy (non-hydrogen) atoms. The highest BCUT2D eigenvalue weighted by molar-refractivity contribution is 6.22. The Balaban J connectivity index is 1.53. The molecule has 5 rings (SSSR count). The Labute approximate surface area is 245 Å². The van der Waals surface area contributed by atoms with E-state index in [4.69, 9.17) is 25.8 Å². The zero-order valence-electron chi connectivity index (χ0n) is 22.7. The maximum absolute atomic E-state index is 12.7. The Kier molecular flexibility index (Phi) is 9.22. The van der Waals surface area contributed by atoms with Crippen LogP contribution in [0.3, 0.4) is 0 Å². The van der Waals surface area contributed by atoms with Gasteiger partial charge in [0.05, 0.1) is 19.8 Å². The standard InChI is InChI=1S/C34H35ClO6/c35-34(38)33(37,22-27-15-7-2-8-16-27)32(36,21-26-13-5-1-6-14-26)31(40-24-29-19-11-4-12-20-29)30(41-34)25-39-23-28-17-9-3-10-18-28/h1-20,30-31,36-38H,21-25H2/t30-,31-,32+,33-,34?/m1/s1. The molecule has 0 bridgehead atoms. The van der Waals surface area contributed by atoms with Gasteiger partial charge in [-0.1, -0.05) is 133 Å². The van der Waals surface area contributed by atoms with Gasteiger partial charge in [0.25, 0.3) is 5.25 Å². The lowest BCUT2D eigenvalue weighted by molar-refractivity contribution is -0.391. The summed E-state index contributed by atoms with van der Waals surface area (Å²) in [6, 6.07) is 37.5. The predicted molar refractivity (Wildman–Crippen MR) is 157 cm³/mol. The summed E-state index contributed by atoms with van der Waals surface area (Å²) in [6.45, 7) is 0.351. The van der Waals surface area contributed by atoms with E-state index in [2.05, 4.69) is 0 Å². The van der Waals surface area contributed by atoms with E-state index in [1.54, 1.807) is 12.1 Å². The van der Waals surface area contributed by atoms with Gasteiger partial charge in [0.15, 0.2) is 5.60 Å². The average molecular weight is 575 g/mol. The van der Waals surface area contributed by atoms with Crippen molar-refractivity contribution >= 4 is 11.6 Å². The molecule has 0 radical (unpaired) electrons. The third kappa shape index (κ3) is 6.55. The normalized spacial score (nSPS) is 27.9. The highest BCUT2D eigenvalue weighted by Gasteiger charge is 2.71. The van der Waals surface area contributed by atoms with Gasteiger partial charge >= 0.3 is 0 Å². The molecule has 0 saturated carbocycles. The number of hydrogen-bond donors (Lipinski definition) is 3. The minimum absolute atomic E-state index is 0.0537. The summed E-state index contributed by atoms with van der Waals surface area (Å²) in [5.74, 6) is 0. The Bertz CT molecular complexity index is 1360. The van der Waals surface area contributed by atoms with Crippen molar-refractivity contribution < 1.29 is 29.5 Å². The zero-order valence-corrected chi connectivity index (χ0v) is 23.4. The molecule has 4 aromatic rings. The lowest BCUT2D eigenvalue weighted by Crippen LogP contribution is -2.79. The van der Waals surface area contributed by atoms with Crippen molar-refractivity contribution in [1.82, 2.24) is 0 Å². The lowest BCUT2D eigenvalue weighted by Gasteiger charge is -2.58. The van der Waals surface area contributed by atoms with Crippen molar-refractivity contribution in [3.8, 4) is 0 Å². The number of ether oxygens (including phenoxy) is 3. The van der Waals surface area contributed by atoms with E-state index in [9.17, 15) is 15.3 Å². The molecular weight excluding hydrogens is 540 g/mol. The summed E-state index contributed by atoms with van der Waals surface area (Å²) < 4.78 is 18.4. The zero-order chi connectivity index (χ0) is 28.8. The molecule has 7 heteroatoms. The predicted octanol–water partition coefficient (Wildman–Crippen LogP) is 5.02. The number of halogens is 1. The fourth-order valence-electron chi connectivity index (χ4n) is 5.47. The summed E-state index contributed by atoms with van der Waals surface area (Å²) in [4.78, 5) is 0. The first-order valence-corrected chi connectivity index (χ1v) is 14.1. The van der Waals surface area contributed by atoms with Gasteiger partial charge in [-0.3, -0.25) is 0 Å². The monoisotopic (exact) mass is 574 g/mol. The van der Waals surface area contributed by atoms with E-state index in [0.717, 1.165) is 16.7 Å². The minimum Gasteiger partial charge on any atom is -0.383 e. The van der Waals surface area contributed by atoms with E-state index in [0.29, 0.717) is 5.56 Å². The van der Waals surface area contributed by atoms with E-state index in [1.807, 2.05) is 109 Å². The van der Waals surface area contributed by atoms with Gasteiger partial charge < -0.3 is 29.5 Å². The Morgan fingerprint density at radius 1 is 0.610 bits per heavy atom. The van der Waals surface area contributed by atoms with Crippen LogP contribution in [-0.2, 0) is 40.3 Å². The molecule has 1 unspecified atom stereocenters. The second-order valence-electron chi connectivity index (χ2n) is 10.5. The van der Waals surface area contributed by atoms with Crippen LogP contribution in [0.5, 0.6) is 0 Å². The third-order valence-electron chi connectivity index (χ3n) is 7.63. The second-order valence-corrected chi connectivity index (χ2v) is 11.1. The fourth-order valence-corrected chi connectivity index (χ4v) is 5.82. The van der Waals surface area contributed by atoms with Crippen LogP contribution in [0.2, 0.25) is 0 Å². The van der Waals surface area contributed by atoms with Crippen LogP contribution < -0.4 is 0 Å². The molecular formula is C34H35ClO6. The topological polar surface area (TPSA) is 88.4 Å². The molecule has 1 fully saturated rings. The molecule has 1 aliphatic rings. The van der Waals surface area contributed by atoms with Crippen LogP contribution in [0.15, 0.2) is 121 Å². The number of rotatable bonds is 11. The first-order chi connectivity index (χ1) is 19.8. The molecule has 4 aromatic carbocycles. The largest absolute Gasteiger partial charge is 0.383 e. The summed E-state index contributed by atoms with van der Waals surface area (Å²) in [5.41, 5.74) is -1.27. The quantitative estimate of drug-likeness (QED) is 0.218. The summed E-state index contributed by atoms with van der Waals surface area (Å²) in [7, 11) is 0. The molecule has 0 spiro atoms. The molecule has 1 saturated heterocycles. The van der Waals surface area contributed by atoms with Crippen molar-refractivity contribution in [3.05, 3.63) is 144 Å². The number of alkyl halides is 1. The van der Waals surface area contributed by atoms with Crippen LogP contribution in [0, 0.1) is 0 Å². The average Bonchev–Trinajstić information content (AvgIpc) is 2.98. The highest BCUT2D eigenvalue weighted by Crippen LogP contribution is 2.50. The molecule has 0 amide bonds. The van der Waals surface area contributed by atoms with Crippen molar-refractivity contribution in [1.29, 1.82) is 0 Å². The lowest BCUT2D eigenvalue weighted by atomic mass is 9.67. The third-order valence-corrected chi connectivity index (χ3v) is 8.03. The molecule has 0 aromatic heterocycles.